The molecule has 0 aromatic heterocycles. The molecule has 0 radical (unpaired) electrons. The van der Waals surface area contributed by atoms with E-state index in [1.165, 1.54) is 0 Å². The first kappa shape index (κ1) is 19.2. The quantitative estimate of drug-likeness (QED) is 0.639. The highest BCUT2D eigenvalue weighted by Crippen LogP contribution is 2.24. The summed E-state index contributed by atoms with van der Waals surface area (Å²) in [6.45, 7) is 2.40. The predicted octanol–water partition coefficient (Wildman–Crippen LogP) is 4.52. The Kier molecular flexibility index (Phi) is 6.41. The van der Waals surface area contributed by atoms with Gasteiger partial charge in [-0.15, -0.1) is 0 Å². The van der Waals surface area contributed by atoms with Crippen molar-refractivity contribution in [3.05, 3.63) is 90.0 Å². The number of rotatable bonds is 7. The molecule has 0 heterocycles. The SMILES string of the molecule is CCOc1ccccc1NC(=O)c1cccc(NC(=O)Cc2ccccc2)c1. The molecule has 0 saturated carbocycles. The van der Waals surface area contributed by atoms with E-state index in [1.54, 1.807) is 36.4 Å². The second-order valence-electron chi connectivity index (χ2n) is 6.17. The van der Waals surface area contributed by atoms with E-state index in [0.717, 1.165) is 5.56 Å². The van der Waals surface area contributed by atoms with Gasteiger partial charge in [0.05, 0.1) is 18.7 Å². The number of hydrogen-bond acceptors (Lipinski definition) is 3. The molecule has 5 nitrogen and oxygen atoms in total. The van der Waals surface area contributed by atoms with E-state index in [4.69, 9.17) is 4.74 Å². The van der Waals surface area contributed by atoms with Crippen molar-refractivity contribution in [3.63, 3.8) is 0 Å². The van der Waals surface area contributed by atoms with Gasteiger partial charge < -0.3 is 15.4 Å². The maximum atomic E-state index is 12.6. The van der Waals surface area contributed by atoms with Gasteiger partial charge in [-0.2, -0.15) is 0 Å². The summed E-state index contributed by atoms with van der Waals surface area (Å²) in [6, 6.07) is 23.6. The molecule has 0 atom stereocenters. The maximum Gasteiger partial charge on any atom is 0.255 e. The Balaban J connectivity index is 1.67. The molecular weight excluding hydrogens is 352 g/mol. The largest absolute Gasteiger partial charge is 0.492 e. The van der Waals surface area contributed by atoms with E-state index in [-0.39, 0.29) is 18.2 Å². The van der Waals surface area contributed by atoms with Crippen molar-refractivity contribution in [2.24, 2.45) is 0 Å². The molecule has 5 heteroatoms. The van der Waals surface area contributed by atoms with Crippen LogP contribution in [0.5, 0.6) is 5.75 Å². The summed E-state index contributed by atoms with van der Waals surface area (Å²) in [5.74, 6) is 0.211. The normalized spacial score (nSPS) is 10.2. The number of anilines is 2. The van der Waals surface area contributed by atoms with Crippen LogP contribution >= 0.6 is 0 Å². The van der Waals surface area contributed by atoms with Crippen LogP contribution in [0.3, 0.4) is 0 Å². The number of carbonyl (C=O) groups is 2. The second kappa shape index (κ2) is 9.37. The summed E-state index contributed by atoms with van der Waals surface area (Å²) in [5, 5.41) is 5.69. The third kappa shape index (κ3) is 5.20. The Hall–Kier alpha value is -3.60. The fraction of sp³-hybridized carbons (Fsp3) is 0.130. The molecule has 28 heavy (non-hydrogen) atoms. The predicted molar refractivity (Wildman–Crippen MR) is 111 cm³/mol. The van der Waals surface area contributed by atoms with Crippen LogP contribution < -0.4 is 15.4 Å². The van der Waals surface area contributed by atoms with Crippen molar-refractivity contribution in [1.29, 1.82) is 0 Å². The number of amides is 2. The fourth-order valence-electron chi connectivity index (χ4n) is 2.77. The minimum absolute atomic E-state index is 0.134. The van der Waals surface area contributed by atoms with Crippen LogP contribution in [0, 0.1) is 0 Å². The highest BCUT2D eigenvalue weighted by molar-refractivity contribution is 6.06. The molecule has 0 aliphatic rings. The first-order valence-electron chi connectivity index (χ1n) is 9.12. The van der Waals surface area contributed by atoms with Gasteiger partial charge in [0.25, 0.3) is 5.91 Å². The van der Waals surface area contributed by atoms with Crippen LogP contribution in [0.2, 0.25) is 0 Å². The molecule has 0 spiro atoms. The van der Waals surface area contributed by atoms with E-state index < -0.39 is 0 Å². The first-order valence-corrected chi connectivity index (χ1v) is 9.12. The van der Waals surface area contributed by atoms with Crippen molar-refractivity contribution >= 4 is 23.2 Å². The Labute approximate surface area is 164 Å². The zero-order chi connectivity index (χ0) is 19.8. The third-order valence-corrected chi connectivity index (χ3v) is 4.05. The summed E-state index contributed by atoms with van der Waals surface area (Å²) in [6.07, 6.45) is 0.277. The highest BCUT2D eigenvalue weighted by atomic mass is 16.5. The first-order chi connectivity index (χ1) is 13.7. The third-order valence-electron chi connectivity index (χ3n) is 4.05. The Morgan fingerprint density at radius 1 is 0.857 bits per heavy atom. The van der Waals surface area contributed by atoms with Crippen molar-refractivity contribution in [2.45, 2.75) is 13.3 Å². The standard InChI is InChI=1S/C23H22N2O3/c1-2-28-21-14-7-6-13-20(21)25-23(27)18-11-8-12-19(16-18)24-22(26)15-17-9-4-3-5-10-17/h3-14,16H,2,15H2,1H3,(H,24,26)(H,25,27). The fourth-order valence-corrected chi connectivity index (χ4v) is 2.77. The van der Waals surface area contributed by atoms with Crippen LogP contribution in [0.4, 0.5) is 11.4 Å². The highest BCUT2D eigenvalue weighted by Gasteiger charge is 2.11. The van der Waals surface area contributed by atoms with E-state index >= 15 is 0 Å². The lowest BCUT2D eigenvalue weighted by Crippen LogP contribution is -2.16. The Morgan fingerprint density at radius 3 is 2.39 bits per heavy atom. The second-order valence-corrected chi connectivity index (χ2v) is 6.17. The van der Waals surface area contributed by atoms with Crippen LogP contribution in [0.1, 0.15) is 22.8 Å². The van der Waals surface area contributed by atoms with Crippen LogP contribution in [-0.2, 0) is 11.2 Å². The monoisotopic (exact) mass is 374 g/mol. The van der Waals surface area contributed by atoms with Gasteiger partial charge >= 0.3 is 0 Å². The van der Waals surface area contributed by atoms with Gasteiger partial charge in [-0.05, 0) is 42.8 Å². The van der Waals surface area contributed by atoms with Gasteiger partial charge in [0.1, 0.15) is 5.75 Å². The zero-order valence-corrected chi connectivity index (χ0v) is 15.6. The molecule has 0 saturated heterocycles. The topological polar surface area (TPSA) is 67.4 Å². The average Bonchev–Trinajstić information content (AvgIpc) is 2.70. The van der Waals surface area contributed by atoms with Gasteiger partial charge in [0, 0.05) is 11.3 Å². The summed E-state index contributed by atoms with van der Waals surface area (Å²) < 4.78 is 5.53. The molecule has 3 rings (SSSR count). The number of benzene rings is 3. The molecule has 3 aromatic rings. The van der Waals surface area contributed by atoms with Gasteiger partial charge in [0.15, 0.2) is 0 Å². The Morgan fingerprint density at radius 2 is 1.61 bits per heavy atom. The van der Waals surface area contributed by atoms with Crippen molar-refractivity contribution in [3.8, 4) is 5.75 Å². The molecule has 3 aromatic carbocycles. The molecular formula is C23H22N2O3. The lowest BCUT2D eigenvalue weighted by molar-refractivity contribution is -0.115. The van der Waals surface area contributed by atoms with Crippen LogP contribution in [0.25, 0.3) is 0 Å². The Bertz CT molecular complexity index is 955. The van der Waals surface area contributed by atoms with Crippen molar-refractivity contribution in [1.82, 2.24) is 0 Å². The molecule has 142 valence electrons. The molecule has 0 unspecified atom stereocenters. The minimum atomic E-state index is -0.272. The number of nitrogens with one attached hydrogen (secondary N) is 2. The average molecular weight is 374 g/mol. The van der Waals surface area contributed by atoms with Gasteiger partial charge in [0.2, 0.25) is 5.91 Å². The molecule has 0 aliphatic carbocycles. The molecule has 0 aliphatic heterocycles. The zero-order valence-electron chi connectivity index (χ0n) is 15.6. The minimum Gasteiger partial charge on any atom is -0.492 e. The van der Waals surface area contributed by atoms with Gasteiger partial charge in [-0.1, -0.05) is 48.5 Å². The van der Waals surface area contributed by atoms with Gasteiger partial charge in [-0.25, -0.2) is 0 Å². The summed E-state index contributed by atoms with van der Waals surface area (Å²) in [4.78, 5) is 24.9. The van der Waals surface area contributed by atoms with Crippen LogP contribution in [-0.4, -0.2) is 18.4 Å². The number of para-hydroxylation sites is 2. The number of ether oxygens (including phenoxy) is 1. The number of hydrogen-bond donors (Lipinski definition) is 2. The summed E-state index contributed by atoms with van der Waals surface area (Å²) in [7, 11) is 0. The van der Waals surface area contributed by atoms with E-state index in [0.29, 0.717) is 29.3 Å². The molecule has 0 fully saturated rings. The molecule has 2 amide bonds. The van der Waals surface area contributed by atoms with Crippen LogP contribution in [0.15, 0.2) is 78.9 Å². The van der Waals surface area contributed by atoms with E-state index in [2.05, 4.69) is 10.6 Å². The van der Waals surface area contributed by atoms with E-state index in [9.17, 15) is 9.59 Å². The molecule has 0 bridgehead atoms. The smallest absolute Gasteiger partial charge is 0.255 e. The van der Waals surface area contributed by atoms with E-state index in [1.807, 2.05) is 49.4 Å². The number of carbonyl (C=O) groups excluding carboxylic acids is 2. The summed E-state index contributed by atoms with van der Waals surface area (Å²) in [5.41, 5.74) is 2.56. The lowest BCUT2D eigenvalue weighted by atomic mass is 10.1. The maximum absolute atomic E-state index is 12.6. The molecule has 2 N–H and O–H groups in total. The summed E-state index contributed by atoms with van der Waals surface area (Å²) >= 11 is 0. The van der Waals surface area contributed by atoms with Gasteiger partial charge in [-0.3, -0.25) is 9.59 Å². The lowest BCUT2D eigenvalue weighted by Gasteiger charge is -2.12. The van der Waals surface area contributed by atoms with Crippen molar-refractivity contribution in [2.75, 3.05) is 17.2 Å². The van der Waals surface area contributed by atoms with Crippen molar-refractivity contribution < 1.29 is 14.3 Å².